The first-order chi connectivity index (χ1) is 12.4. The maximum Gasteiger partial charge on any atom is 0.334 e. The topological polar surface area (TPSA) is 76.1 Å². The van der Waals surface area contributed by atoms with Crippen LogP contribution in [0.3, 0.4) is 0 Å². The number of amides is 1. The molecule has 1 amide bonds. The molecule has 1 aliphatic carbocycles. The Balaban J connectivity index is 1.94. The SMILES string of the molecule is COc1cc(C2(C(=O)N3CC(C(=O)O)O[C@H](C)C3)CCCC2)ccc1C. The minimum atomic E-state index is -1.02. The highest BCUT2D eigenvalue weighted by atomic mass is 16.5. The number of rotatable bonds is 4. The van der Waals surface area contributed by atoms with Gasteiger partial charge in [-0.15, -0.1) is 0 Å². The van der Waals surface area contributed by atoms with E-state index in [2.05, 4.69) is 0 Å². The summed E-state index contributed by atoms with van der Waals surface area (Å²) in [6, 6.07) is 5.97. The van der Waals surface area contributed by atoms with Crippen molar-refractivity contribution in [2.45, 2.75) is 57.2 Å². The molecular formula is C20H27NO5. The normalized spacial score (nSPS) is 25.1. The fourth-order valence-electron chi connectivity index (χ4n) is 4.28. The first-order valence-corrected chi connectivity index (χ1v) is 9.20. The lowest BCUT2D eigenvalue weighted by molar-refractivity contribution is -0.168. The summed E-state index contributed by atoms with van der Waals surface area (Å²) in [5.41, 5.74) is 1.40. The summed E-state index contributed by atoms with van der Waals surface area (Å²) in [4.78, 5) is 26.6. The minimum absolute atomic E-state index is 0.0160. The van der Waals surface area contributed by atoms with Gasteiger partial charge in [0, 0.05) is 6.54 Å². The standard InChI is InChI=1S/C20H27NO5/c1-13-6-7-15(10-16(13)25-3)20(8-4-5-9-20)19(24)21-11-14(2)26-17(12-21)18(22)23/h6-7,10,14,17H,4-5,8-9,11-12H2,1-3H3,(H,22,23)/t14-,17?/m1/s1. The molecule has 1 N–H and O–H groups in total. The van der Waals surface area contributed by atoms with E-state index in [4.69, 9.17) is 9.47 Å². The maximum atomic E-state index is 13.6. The molecule has 0 radical (unpaired) electrons. The number of carbonyl (C=O) groups excluding carboxylic acids is 1. The van der Waals surface area contributed by atoms with E-state index in [0.717, 1.165) is 42.6 Å². The Labute approximate surface area is 154 Å². The smallest absolute Gasteiger partial charge is 0.334 e. The Hall–Kier alpha value is -2.08. The summed E-state index contributed by atoms with van der Waals surface area (Å²) in [6.07, 6.45) is 2.28. The molecule has 1 aliphatic heterocycles. The van der Waals surface area contributed by atoms with Crippen LogP contribution in [-0.2, 0) is 19.7 Å². The zero-order valence-electron chi connectivity index (χ0n) is 15.7. The third-order valence-corrected chi connectivity index (χ3v) is 5.65. The second-order valence-corrected chi connectivity index (χ2v) is 7.46. The molecule has 1 unspecified atom stereocenters. The van der Waals surface area contributed by atoms with E-state index in [1.54, 1.807) is 12.0 Å². The number of hydrogen-bond donors (Lipinski definition) is 1. The first kappa shape index (κ1) is 18.7. The zero-order chi connectivity index (χ0) is 18.9. The monoisotopic (exact) mass is 361 g/mol. The predicted octanol–water partition coefficient (Wildman–Crippen LogP) is 2.52. The fourth-order valence-corrected chi connectivity index (χ4v) is 4.28. The summed E-state index contributed by atoms with van der Waals surface area (Å²) in [7, 11) is 1.64. The van der Waals surface area contributed by atoms with E-state index >= 15 is 0 Å². The molecule has 1 saturated carbocycles. The van der Waals surface area contributed by atoms with E-state index in [1.807, 2.05) is 32.0 Å². The molecule has 0 aromatic heterocycles. The van der Waals surface area contributed by atoms with E-state index in [9.17, 15) is 14.7 Å². The molecular weight excluding hydrogens is 334 g/mol. The summed E-state index contributed by atoms with van der Waals surface area (Å²) >= 11 is 0. The summed E-state index contributed by atoms with van der Waals surface area (Å²) in [5.74, 6) is -0.227. The lowest BCUT2D eigenvalue weighted by atomic mass is 9.77. The zero-order valence-corrected chi connectivity index (χ0v) is 15.7. The van der Waals surface area contributed by atoms with E-state index < -0.39 is 17.5 Å². The highest BCUT2D eigenvalue weighted by Crippen LogP contribution is 2.44. The van der Waals surface area contributed by atoms with Crippen molar-refractivity contribution in [1.29, 1.82) is 0 Å². The number of ether oxygens (including phenoxy) is 2. The molecule has 0 bridgehead atoms. The van der Waals surface area contributed by atoms with Crippen LogP contribution in [0.2, 0.25) is 0 Å². The molecule has 0 spiro atoms. The van der Waals surface area contributed by atoms with Crippen LogP contribution in [0.4, 0.5) is 0 Å². The highest BCUT2D eigenvalue weighted by Gasteiger charge is 2.47. The van der Waals surface area contributed by atoms with Crippen molar-refractivity contribution in [1.82, 2.24) is 4.90 Å². The second-order valence-electron chi connectivity index (χ2n) is 7.46. The maximum absolute atomic E-state index is 13.6. The van der Waals surface area contributed by atoms with Crippen molar-refractivity contribution in [2.24, 2.45) is 0 Å². The molecule has 142 valence electrons. The molecule has 1 aromatic rings. The predicted molar refractivity (Wildman–Crippen MR) is 96.4 cm³/mol. The molecule has 2 atom stereocenters. The fraction of sp³-hybridized carbons (Fsp3) is 0.600. The van der Waals surface area contributed by atoms with Gasteiger partial charge in [-0.25, -0.2) is 4.79 Å². The van der Waals surface area contributed by atoms with Crippen LogP contribution in [0.15, 0.2) is 18.2 Å². The Bertz CT molecular complexity index is 695. The van der Waals surface area contributed by atoms with Gasteiger partial charge in [-0.05, 0) is 43.9 Å². The molecule has 1 aromatic carbocycles. The number of carboxylic acids is 1. The lowest BCUT2D eigenvalue weighted by Gasteiger charge is -2.40. The van der Waals surface area contributed by atoms with Crippen molar-refractivity contribution in [3.05, 3.63) is 29.3 Å². The molecule has 1 saturated heterocycles. The number of hydrogen-bond acceptors (Lipinski definition) is 4. The molecule has 6 nitrogen and oxygen atoms in total. The lowest BCUT2D eigenvalue weighted by Crippen LogP contribution is -2.56. The molecule has 2 fully saturated rings. The molecule has 2 aliphatic rings. The Morgan fingerprint density at radius 1 is 1.27 bits per heavy atom. The number of carbonyl (C=O) groups is 2. The van der Waals surface area contributed by atoms with Crippen LogP contribution in [0.5, 0.6) is 5.75 Å². The van der Waals surface area contributed by atoms with Gasteiger partial charge in [-0.2, -0.15) is 0 Å². The van der Waals surface area contributed by atoms with E-state index in [1.165, 1.54) is 0 Å². The van der Waals surface area contributed by atoms with Gasteiger partial charge in [0.05, 0.1) is 25.2 Å². The number of aliphatic carboxylic acids is 1. The highest BCUT2D eigenvalue weighted by molar-refractivity contribution is 5.89. The van der Waals surface area contributed by atoms with Crippen LogP contribution in [-0.4, -0.2) is 54.3 Å². The molecule has 26 heavy (non-hydrogen) atoms. The van der Waals surface area contributed by atoms with Crippen molar-refractivity contribution >= 4 is 11.9 Å². The van der Waals surface area contributed by atoms with Gasteiger partial charge in [0.25, 0.3) is 0 Å². The van der Waals surface area contributed by atoms with Crippen LogP contribution >= 0.6 is 0 Å². The van der Waals surface area contributed by atoms with E-state index in [-0.39, 0.29) is 18.6 Å². The summed E-state index contributed by atoms with van der Waals surface area (Å²) < 4.78 is 10.9. The molecule has 6 heteroatoms. The Morgan fingerprint density at radius 3 is 2.58 bits per heavy atom. The largest absolute Gasteiger partial charge is 0.496 e. The minimum Gasteiger partial charge on any atom is -0.496 e. The summed E-state index contributed by atoms with van der Waals surface area (Å²) in [6.45, 7) is 4.31. The Morgan fingerprint density at radius 2 is 1.96 bits per heavy atom. The van der Waals surface area contributed by atoms with Crippen molar-refractivity contribution in [3.63, 3.8) is 0 Å². The Kier molecular flexibility index (Phi) is 5.23. The quantitative estimate of drug-likeness (QED) is 0.892. The van der Waals surface area contributed by atoms with Gasteiger partial charge in [0.2, 0.25) is 5.91 Å². The number of benzene rings is 1. The van der Waals surface area contributed by atoms with Crippen LogP contribution < -0.4 is 4.74 Å². The van der Waals surface area contributed by atoms with Gasteiger partial charge in [0.1, 0.15) is 5.75 Å². The van der Waals surface area contributed by atoms with Crippen LogP contribution in [0.1, 0.15) is 43.7 Å². The van der Waals surface area contributed by atoms with Gasteiger partial charge in [-0.3, -0.25) is 4.79 Å². The third kappa shape index (κ3) is 3.30. The molecule has 1 heterocycles. The number of methoxy groups -OCH3 is 1. The van der Waals surface area contributed by atoms with Crippen molar-refractivity contribution < 1.29 is 24.2 Å². The van der Waals surface area contributed by atoms with E-state index in [0.29, 0.717) is 6.54 Å². The van der Waals surface area contributed by atoms with Crippen molar-refractivity contribution in [3.8, 4) is 5.75 Å². The van der Waals surface area contributed by atoms with Crippen LogP contribution in [0.25, 0.3) is 0 Å². The first-order valence-electron chi connectivity index (χ1n) is 9.20. The van der Waals surface area contributed by atoms with Crippen molar-refractivity contribution in [2.75, 3.05) is 20.2 Å². The second kappa shape index (κ2) is 7.27. The van der Waals surface area contributed by atoms with Gasteiger partial charge < -0.3 is 19.5 Å². The number of aryl methyl sites for hydroxylation is 1. The van der Waals surface area contributed by atoms with Crippen LogP contribution in [0, 0.1) is 6.92 Å². The number of nitrogens with zero attached hydrogens (tertiary/aromatic N) is 1. The average molecular weight is 361 g/mol. The molecule has 3 rings (SSSR count). The van der Waals surface area contributed by atoms with Gasteiger partial charge >= 0.3 is 5.97 Å². The van der Waals surface area contributed by atoms with Gasteiger partial charge in [0.15, 0.2) is 6.10 Å². The average Bonchev–Trinajstić information content (AvgIpc) is 3.11. The van der Waals surface area contributed by atoms with Gasteiger partial charge in [-0.1, -0.05) is 25.0 Å². The number of carboxylic acid groups (broad SMARTS) is 1. The third-order valence-electron chi connectivity index (χ3n) is 5.65. The summed E-state index contributed by atoms with van der Waals surface area (Å²) in [5, 5.41) is 9.32. The number of morpholine rings is 1.